The predicted octanol–water partition coefficient (Wildman–Crippen LogP) is 3.96. The van der Waals surface area contributed by atoms with E-state index in [9.17, 15) is 17.6 Å². The fourth-order valence-corrected chi connectivity index (χ4v) is 4.30. The quantitative estimate of drug-likeness (QED) is 0.339. The third-order valence-electron chi connectivity index (χ3n) is 4.55. The number of hydrogen-bond donors (Lipinski definition) is 2. The van der Waals surface area contributed by atoms with Crippen LogP contribution in [0.2, 0.25) is 0 Å². The van der Waals surface area contributed by atoms with Crippen molar-refractivity contribution in [2.45, 2.75) is 5.75 Å². The van der Waals surface area contributed by atoms with Gasteiger partial charge in [-0.25, -0.2) is 22.0 Å². The van der Waals surface area contributed by atoms with Gasteiger partial charge in [-0.05, 0) is 29.8 Å². The zero-order chi connectivity index (χ0) is 22.9. The second-order valence-corrected chi connectivity index (χ2v) is 8.46. The van der Waals surface area contributed by atoms with E-state index >= 15 is 4.39 Å². The van der Waals surface area contributed by atoms with Crippen LogP contribution in [0.5, 0.6) is 0 Å². The van der Waals surface area contributed by atoms with Gasteiger partial charge >= 0.3 is 0 Å². The number of nitrogens with zero attached hydrogens (tertiary/aromatic N) is 3. The Balaban J connectivity index is 1.71. The minimum Gasteiger partial charge on any atom is -0.345 e. The molecule has 0 atom stereocenters. The molecular formula is C21H13F2N5O3S. The fraction of sp³-hybridized carbons (Fsp3) is 0.0476. The van der Waals surface area contributed by atoms with Gasteiger partial charge in [0.05, 0.1) is 23.6 Å². The lowest BCUT2D eigenvalue weighted by Gasteiger charge is -2.12. The van der Waals surface area contributed by atoms with Gasteiger partial charge in [0.2, 0.25) is 21.5 Å². The Labute approximate surface area is 180 Å². The van der Waals surface area contributed by atoms with Crippen LogP contribution in [0.4, 0.5) is 20.2 Å². The molecule has 8 nitrogen and oxygen atoms in total. The first-order chi connectivity index (χ1) is 15.3. The van der Waals surface area contributed by atoms with E-state index in [0.29, 0.717) is 5.56 Å². The molecule has 4 aromatic rings. The number of rotatable bonds is 6. The number of ketones is 1. The van der Waals surface area contributed by atoms with E-state index in [0.717, 1.165) is 12.1 Å². The average molecular weight is 453 g/mol. The third-order valence-corrected chi connectivity index (χ3v) is 5.80. The van der Waals surface area contributed by atoms with Gasteiger partial charge in [0.15, 0.2) is 5.82 Å². The van der Waals surface area contributed by atoms with Gasteiger partial charge in [0.1, 0.15) is 11.5 Å². The highest BCUT2D eigenvalue weighted by Crippen LogP contribution is 2.29. The normalized spacial score (nSPS) is 11.3. The smallest absolute Gasteiger partial charge is 0.237 e. The van der Waals surface area contributed by atoms with Crippen molar-refractivity contribution in [2.24, 2.45) is 0 Å². The number of aromatic nitrogens is 3. The molecule has 0 spiro atoms. The molecule has 11 heteroatoms. The van der Waals surface area contributed by atoms with E-state index in [1.165, 1.54) is 36.9 Å². The molecule has 3 aromatic heterocycles. The zero-order valence-electron chi connectivity index (χ0n) is 16.1. The van der Waals surface area contributed by atoms with Crippen molar-refractivity contribution in [3.8, 4) is 0 Å². The summed E-state index contributed by atoms with van der Waals surface area (Å²) in [6, 6.07) is 6.15. The zero-order valence-corrected chi connectivity index (χ0v) is 17.0. The van der Waals surface area contributed by atoms with Gasteiger partial charge in [0, 0.05) is 35.7 Å². The Bertz CT molecular complexity index is 1500. The highest BCUT2D eigenvalue weighted by molar-refractivity contribution is 7.91. The van der Waals surface area contributed by atoms with Crippen molar-refractivity contribution in [1.82, 2.24) is 15.0 Å². The van der Waals surface area contributed by atoms with Crippen molar-refractivity contribution in [3.05, 3.63) is 94.9 Å². The molecule has 1 aromatic carbocycles. The fourth-order valence-electron chi connectivity index (χ4n) is 3.12. The second-order valence-electron chi connectivity index (χ2n) is 6.74. The topological polar surface area (TPSA) is 109 Å². The van der Waals surface area contributed by atoms with E-state index in [-0.39, 0.29) is 22.3 Å². The highest BCUT2D eigenvalue weighted by Gasteiger charge is 2.26. The van der Waals surface area contributed by atoms with Gasteiger partial charge < -0.3 is 4.98 Å². The Morgan fingerprint density at radius 2 is 2.03 bits per heavy atom. The van der Waals surface area contributed by atoms with Crippen LogP contribution in [0.15, 0.2) is 55.1 Å². The van der Waals surface area contributed by atoms with Crippen molar-refractivity contribution in [1.29, 1.82) is 0 Å². The molecular weight excluding hydrogens is 440 g/mol. The molecule has 3 heterocycles. The van der Waals surface area contributed by atoms with E-state index < -0.39 is 44.4 Å². The minimum absolute atomic E-state index is 0.105. The molecule has 0 amide bonds. The van der Waals surface area contributed by atoms with Crippen LogP contribution in [0.3, 0.4) is 0 Å². The largest absolute Gasteiger partial charge is 0.345 e. The van der Waals surface area contributed by atoms with Crippen LogP contribution < -0.4 is 4.72 Å². The highest BCUT2D eigenvalue weighted by atomic mass is 32.2. The molecule has 32 heavy (non-hydrogen) atoms. The van der Waals surface area contributed by atoms with E-state index in [4.69, 9.17) is 6.57 Å². The molecule has 2 N–H and O–H groups in total. The number of sulfonamides is 1. The maximum Gasteiger partial charge on any atom is 0.237 e. The monoisotopic (exact) mass is 453 g/mol. The first-order valence-electron chi connectivity index (χ1n) is 9.06. The lowest BCUT2D eigenvalue weighted by molar-refractivity contribution is 0.103. The maximum absolute atomic E-state index is 15.1. The van der Waals surface area contributed by atoms with Crippen LogP contribution >= 0.6 is 0 Å². The third kappa shape index (κ3) is 4.03. The van der Waals surface area contributed by atoms with Crippen molar-refractivity contribution >= 4 is 38.2 Å². The number of hydrogen-bond acceptors (Lipinski definition) is 5. The SMILES string of the molecule is [C-]#[N+]c1cnc2[nH]cc(C(=O)c3c(F)ccc(NS(=O)(=O)Cc4cccnc4)c3F)c2c1. The summed E-state index contributed by atoms with van der Waals surface area (Å²) in [7, 11) is -4.08. The Morgan fingerprint density at radius 1 is 1.22 bits per heavy atom. The average Bonchev–Trinajstić information content (AvgIpc) is 3.19. The van der Waals surface area contributed by atoms with Crippen LogP contribution in [0.1, 0.15) is 21.5 Å². The van der Waals surface area contributed by atoms with Crippen molar-refractivity contribution in [2.75, 3.05) is 4.72 Å². The number of halogens is 2. The predicted molar refractivity (Wildman–Crippen MR) is 113 cm³/mol. The summed E-state index contributed by atoms with van der Waals surface area (Å²) in [6.45, 7) is 7.08. The van der Waals surface area contributed by atoms with Gasteiger partial charge in [-0.3, -0.25) is 19.5 Å². The molecule has 0 aliphatic carbocycles. The van der Waals surface area contributed by atoms with Crippen molar-refractivity contribution < 1.29 is 22.0 Å². The number of H-pyrrole nitrogens is 1. The Hall–Kier alpha value is -4.17. The molecule has 0 bridgehead atoms. The number of aromatic amines is 1. The van der Waals surface area contributed by atoms with Gasteiger partial charge in [-0.2, -0.15) is 0 Å². The molecule has 160 valence electrons. The molecule has 0 aliphatic heterocycles. The molecule has 0 saturated carbocycles. The molecule has 0 unspecified atom stereocenters. The Morgan fingerprint density at radius 3 is 2.75 bits per heavy atom. The van der Waals surface area contributed by atoms with Crippen LogP contribution in [0.25, 0.3) is 15.9 Å². The minimum atomic E-state index is -4.08. The molecule has 0 aliphatic rings. The number of anilines is 1. The number of nitrogens with one attached hydrogen (secondary N) is 2. The number of carbonyl (C=O) groups excluding carboxylic acids is 1. The molecule has 4 rings (SSSR count). The first kappa shape index (κ1) is 21.1. The lowest BCUT2D eigenvalue weighted by atomic mass is 10.0. The van der Waals surface area contributed by atoms with Crippen LogP contribution in [-0.4, -0.2) is 29.2 Å². The summed E-state index contributed by atoms with van der Waals surface area (Å²) >= 11 is 0. The summed E-state index contributed by atoms with van der Waals surface area (Å²) < 4.78 is 56.5. The van der Waals surface area contributed by atoms with Crippen LogP contribution in [-0.2, 0) is 15.8 Å². The summed E-state index contributed by atoms with van der Waals surface area (Å²) in [5.41, 5.74) is -0.843. The summed E-state index contributed by atoms with van der Waals surface area (Å²) in [5, 5.41) is 0.213. The molecule has 0 saturated heterocycles. The maximum atomic E-state index is 15.1. The van der Waals surface area contributed by atoms with E-state index in [1.54, 1.807) is 6.07 Å². The van der Waals surface area contributed by atoms with Crippen LogP contribution in [0, 0.1) is 18.2 Å². The molecule has 0 fully saturated rings. The van der Waals surface area contributed by atoms with Gasteiger partial charge in [-0.1, -0.05) is 6.07 Å². The Kier molecular flexibility index (Phi) is 5.38. The van der Waals surface area contributed by atoms with Crippen molar-refractivity contribution in [3.63, 3.8) is 0 Å². The summed E-state index contributed by atoms with van der Waals surface area (Å²) in [5.74, 6) is -4.03. The van der Waals surface area contributed by atoms with Gasteiger partial charge in [0.25, 0.3) is 0 Å². The van der Waals surface area contributed by atoms with E-state index in [1.807, 2.05) is 4.72 Å². The lowest BCUT2D eigenvalue weighted by Crippen LogP contribution is -2.18. The van der Waals surface area contributed by atoms with E-state index in [2.05, 4.69) is 19.8 Å². The standard InChI is InChI=1S/C21H13F2N5O3S/c1-24-13-7-14-15(10-27-21(14)26-9-13)20(29)18-16(22)4-5-17(19(18)23)28-32(30,31)11-12-3-2-6-25-8-12/h2-10,28H,11H2,(H,26,27). The molecule has 0 radical (unpaired) electrons. The number of carbonyl (C=O) groups is 1. The summed E-state index contributed by atoms with van der Waals surface area (Å²) in [4.78, 5) is 26.7. The second kappa shape index (κ2) is 8.16. The van der Waals surface area contributed by atoms with Gasteiger partial charge in [-0.15, -0.1) is 0 Å². The number of fused-ring (bicyclic) bond motifs is 1. The first-order valence-corrected chi connectivity index (χ1v) is 10.7. The number of pyridine rings is 2. The summed E-state index contributed by atoms with van der Waals surface area (Å²) in [6.07, 6.45) is 5.34. The number of benzene rings is 1.